The summed E-state index contributed by atoms with van der Waals surface area (Å²) in [7, 11) is -3.76. The molecule has 0 saturated heterocycles. The molecule has 0 aliphatic heterocycles. The van der Waals surface area contributed by atoms with Crippen LogP contribution in [0.3, 0.4) is 0 Å². The molecule has 0 bridgehead atoms. The van der Waals surface area contributed by atoms with Gasteiger partial charge in [0.05, 0.1) is 26.3 Å². The van der Waals surface area contributed by atoms with E-state index in [-0.39, 0.29) is 4.90 Å². The van der Waals surface area contributed by atoms with E-state index in [0.29, 0.717) is 11.4 Å². The van der Waals surface area contributed by atoms with Crippen LogP contribution < -0.4 is 5.14 Å². The van der Waals surface area contributed by atoms with Crippen LogP contribution >= 0.6 is 34.5 Å². The number of rotatable bonds is 5. The minimum atomic E-state index is -3.76. The van der Waals surface area contributed by atoms with Gasteiger partial charge in [-0.15, -0.1) is 11.3 Å². The van der Waals surface area contributed by atoms with Crippen molar-refractivity contribution in [3.05, 3.63) is 86.7 Å². The van der Waals surface area contributed by atoms with E-state index in [2.05, 4.69) is 0 Å². The van der Waals surface area contributed by atoms with Crippen LogP contribution in [0.25, 0.3) is 16.9 Å². The van der Waals surface area contributed by atoms with Crippen molar-refractivity contribution in [2.45, 2.75) is 11.3 Å². The molecule has 4 aromatic rings. The van der Waals surface area contributed by atoms with E-state index in [1.807, 2.05) is 42.5 Å². The van der Waals surface area contributed by atoms with E-state index >= 15 is 0 Å². The van der Waals surface area contributed by atoms with Gasteiger partial charge < -0.3 is 0 Å². The Labute approximate surface area is 182 Å². The summed E-state index contributed by atoms with van der Waals surface area (Å²) in [4.78, 5) is 1.15. The SMILES string of the molecule is NS(=O)(=O)c1ccc(-n2nc(Cc3ccc(Cl)s3)cc2-c2ccc(Cl)cc2)cc1. The lowest BCUT2D eigenvalue weighted by Gasteiger charge is -2.08. The molecule has 0 spiro atoms. The normalized spacial score (nSPS) is 11.7. The predicted molar refractivity (Wildman–Crippen MR) is 118 cm³/mol. The maximum absolute atomic E-state index is 11.5. The molecule has 0 atom stereocenters. The largest absolute Gasteiger partial charge is 0.238 e. The van der Waals surface area contributed by atoms with Gasteiger partial charge in [0.2, 0.25) is 10.0 Å². The molecule has 0 saturated carbocycles. The van der Waals surface area contributed by atoms with E-state index in [1.165, 1.54) is 23.5 Å². The first-order valence-electron chi connectivity index (χ1n) is 8.52. The van der Waals surface area contributed by atoms with Gasteiger partial charge in [0, 0.05) is 21.9 Å². The molecule has 0 fully saturated rings. The summed E-state index contributed by atoms with van der Waals surface area (Å²) in [6.45, 7) is 0. The fraction of sp³-hybridized carbons (Fsp3) is 0.0500. The Morgan fingerprint density at radius 1 is 0.966 bits per heavy atom. The number of sulfonamides is 1. The number of primary sulfonamides is 1. The second-order valence-electron chi connectivity index (χ2n) is 6.36. The molecule has 2 aromatic carbocycles. The number of aromatic nitrogens is 2. The number of nitrogens with two attached hydrogens (primary N) is 1. The van der Waals surface area contributed by atoms with E-state index < -0.39 is 10.0 Å². The molecular formula is C20H15Cl2N3O2S2. The third-order valence-electron chi connectivity index (χ3n) is 4.29. The lowest BCUT2D eigenvalue weighted by Crippen LogP contribution is -2.12. The number of benzene rings is 2. The standard InChI is InChI=1S/C20H15Cl2N3O2S2/c21-14-3-1-13(2-4-14)19-12-15(11-17-7-10-20(22)28-17)24-25(19)16-5-8-18(9-6-16)29(23,26)27/h1-10,12H,11H2,(H2,23,26,27). The summed E-state index contributed by atoms with van der Waals surface area (Å²) in [5.41, 5.74) is 3.39. The minimum absolute atomic E-state index is 0.0508. The van der Waals surface area contributed by atoms with Crippen LogP contribution in [0.1, 0.15) is 10.6 Å². The van der Waals surface area contributed by atoms with Crippen LogP contribution in [0.2, 0.25) is 9.36 Å². The fourth-order valence-corrected chi connectivity index (χ4v) is 4.69. The summed E-state index contributed by atoms with van der Waals surface area (Å²) in [6, 6.07) is 19.6. The topological polar surface area (TPSA) is 78.0 Å². The molecule has 0 amide bonds. The van der Waals surface area contributed by atoms with Gasteiger partial charge in [-0.2, -0.15) is 5.10 Å². The minimum Gasteiger partial charge on any atom is -0.233 e. The molecule has 0 aliphatic rings. The highest BCUT2D eigenvalue weighted by Crippen LogP contribution is 2.29. The summed E-state index contributed by atoms with van der Waals surface area (Å²) in [5.74, 6) is 0. The van der Waals surface area contributed by atoms with Crippen LogP contribution in [0, 0.1) is 0 Å². The van der Waals surface area contributed by atoms with Crippen molar-refractivity contribution < 1.29 is 8.42 Å². The van der Waals surface area contributed by atoms with Crippen molar-refractivity contribution in [3.8, 4) is 16.9 Å². The van der Waals surface area contributed by atoms with E-state index in [0.717, 1.165) is 31.9 Å². The quantitative estimate of drug-likeness (QED) is 0.444. The number of halogens is 2. The molecule has 148 valence electrons. The van der Waals surface area contributed by atoms with Crippen LogP contribution in [0.4, 0.5) is 0 Å². The molecule has 29 heavy (non-hydrogen) atoms. The summed E-state index contributed by atoms with van der Waals surface area (Å²) < 4.78 is 25.6. The Kier molecular flexibility index (Phi) is 5.50. The predicted octanol–water partition coefficient (Wildman–Crippen LogP) is 5.15. The Balaban J connectivity index is 1.79. The Morgan fingerprint density at radius 3 is 2.24 bits per heavy atom. The first-order chi connectivity index (χ1) is 13.8. The molecule has 4 rings (SSSR count). The zero-order valence-corrected chi connectivity index (χ0v) is 18.1. The molecule has 0 radical (unpaired) electrons. The van der Waals surface area contributed by atoms with E-state index in [4.69, 9.17) is 33.4 Å². The zero-order chi connectivity index (χ0) is 20.6. The number of hydrogen-bond acceptors (Lipinski definition) is 4. The van der Waals surface area contributed by atoms with Crippen molar-refractivity contribution in [1.29, 1.82) is 0 Å². The van der Waals surface area contributed by atoms with Gasteiger partial charge >= 0.3 is 0 Å². The first kappa shape index (κ1) is 20.1. The highest BCUT2D eigenvalue weighted by molar-refractivity contribution is 7.89. The van der Waals surface area contributed by atoms with Gasteiger partial charge in [-0.1, -0.05) is 35.3 Å². The molecule has 2 N–H and O–H groups in total. The van der Waals surface area contributed by atoms with Gasteiger partial charge in [0.25, 0.3) is 0 Å². The van der Waals surface area contributed by atoms with Gasteiger partial charge in [0.1, 0.15) is 0 Å². The van der Waals surface area contributed by atoms with Crippen LogP contribution in [-0.2, 0) is 16.4 Å². The average Bonchev–Trinajstić information content (AvgIpc) is 3.28. The Bertz CT molecular complexity index is 1260. The number of nitrogens with zero attached hydrogens (tertiary/aromatic N) is 2. The fourth-order valence-electron chi connectivity index (χ4n) is 2.94. The second-order valence-corrected chi connectivity index (χ2v) is 10.2. The maximum atomic E-state index is 11.5. The highest BCUT2D eigenvalue weighted by atomic mass is 35.5. The summed E-state index contributed by atoms with van der Waals surface area (Å²) >= 11 is 13.6. The van der Waals surface area contributed by atoms with Crippen molar-refractivity contribution >= 4 is 44.6 Å². The lowest BCUT2D eigenvalue weighted by molar-refractivity contribution is 0.598. The third-order valence-corrected chi connectivity index (χ3v) is 6.71. The van der Waals surface area contributed by atoms with E-state index in [9.17, 15) is 8.42 Å². The van der Waals surface area contributed by atoms with Crippen molar-refractivity contribution in [2.75, 3.05) is 0 Å². The number of hydrogen-bond donors (Lipinski definition) is 1. The highest BCUT2D eigenvalue weighted by Gasteiger charge is 2.14. The van der Waals surface area contributed by atoms with E-state index in [1.54, 1.807) is 16.8 Å². The van der Waals surface area contributed by atoms with Crippen LogP contribution in [-0.4, -0.2) is 18.2 Å². The molecule has 2 heterocycles. The maximum Gasteiger partial charge on any atom is 0.238 e. The third kappa shape index (κ3) is 4.55. The van der Waals surface area contributed by atoms with Crippen LogP contribution in [0.15, 0.2) is 71.6 Å². The molecular weight excluding hydrogens is 449 g/mol. The van der Waals surface area contributed by atoms with Gasteiger partial charge in [0.15, 0.2) is 0 Å². The molecule has 2 aromatic heterocycles. The van der Waals surface area contributed by atoms with Crippen LogP contribution in [0.5, 0.6) is 0 Å². The van der Waals surface area contributed by atoms with Crippen molar-refractivity contribution in [1.82, 2.24) is 9.78 Å². The summed E-state index contributed by atoms with van der Waals surface area (Å²) in [5, 5.41) is 10.6. The number of thiophene rings is 1. The zero-order valence-electron chi connectivity index (χ0n) is 14.9. The molecule has 0 aliphatic carbocycles. The van der Waals surface area contributed by atoms with Crippen molar-refractivity contribution in [3.63, 3.8) is 0 Å². The molecule has 9 heteroatoms. The smallest absolute Gasteiger partial charge is 0.233 e. The monoisotopic (exact) mass is 463 g/mol. The lowest BCUT2D eigenvalue weighted by atomic mass is 10.1. The van der Waals surface area contributed by atoms with Crippen molar-refractivity contribution in [2.24, 2.45) is 5.14 Å². The molecule has 5 nitrogen and oxygen atoms in total. The second kappa shape index (κ2) is 7.93. The van der Waals surface area contributed by atoms with Gasteiger partial charge in [-0.3, -0.25) is 0 Å². The molecule has 0 unspecified atom stereocenters. The first-order valence-corrected chi connectivity index (χ1v) is 11.6. The Hall–Kier alpha value is -2.16. The van der Waals surface area contributed by atoms with Gasteiger partial charge in [-0.05, 0) is 54.6 Å². The van der Waals surface area contributed by atoms with Gasteiger partial charge in [-0.25, -0.2) is 18.2 Å². The summed E-state index contributed by atoms with van der Waals surface area (Å²) in [6.07, 6.45) is 0.639. The average molecular weight is 464 g/mol. The Morgan fingerprint density at radius 2 is 1.66 bits per heavy atom.